The molecule has 1 aliphatic rings. The van der Waals surface area contributed by atoms with Crippen molar-refractivity contribution in [2.45, 2.75) is 25.1 Å². The van der Waals surface area contributed by atoms with Gasteiger partial charge in [0.05, 0.1) is 5.56 Å². The van der Waals surface area contributed by atoms with Gasteiger partial charge in [-0.25, -0.2) is 9.59 Å². The van der Waals surface area contributed by atoms with Crippen LogP contribution in [0.15, 0.2) is 24.3 Å². The first-order valence-corrected chi connectivity index (χ1v) is 6.27. The Morgan fingerprint density at radius 1 is 1.24 bits per heavy atom. The van der Waals surface area contributed by atoms with E-state index in [1.165, 1.54) is 4.90 Å². The summed E-state index contributed by atoms with van der Waals surface area (Å²) in [6.07, 6.45) is -3.49. The number of rotatable bonds is 2. The van der Waals surface area contributed by atoms with Gasteiger partial charge in [0, 0.05) is 12.2 Å². The molecule has 0 aromatic heterocycles. The molecule has 1 aromatic carbocycles. The fraction of sp³-hybridized carbons (Fsp3) is 0.385. The number of carboxylic acid groups (broad SMARTS) is 1. The minimum absolute atomic E-state index is 0.184. The number of hydrogen-bond acceptors (Lipinski definition) is 2. The van der Waals surface area contributed by atoms with Crippen LogP contribution in [0.1, 0.15) is 18.4 Å². The van der Waals surface area contributed by atoms with E-state index in [4.69, 9.17) is 5.11 Å². The lowest BCUT2D eigenvalue weighted by molar-refractivity contribution is -0.141. The third-order valence-corrected chi connectivity index (χ3v) is 3.26. The molecule has 1 aromatic rings. The summed E-state index contributed by atoms with van der Waals surface area (Å²) in [6, 6.07) is 2.46. The molecular weight excluding hydrogens is 289 g/mol. The van der Waals surface area contributed by atoms with E-state index >= 15 is 0 Å². The average molecular weight is 302 g/mol. The zero-order valence-electron chi connectivity index (χ0n) is 10.9. The molecule has 2 rings (SSSR count). The molecule has 0 radical (unpaired) electrons. The summed E-state index contributed by atoms with van der Waals surface area (Å²) in [5, 5.41) is 11.4. The number of carboxylic acids is 1. The van der Waals surface area contributed by atoms with Crippen molar-refractivity contribution in [3.8, 4) is 0 Å². The lowest BCUT2D eigenvalue weighted by Crippen LogP contribution is -2.42. The predicted molar refractivity (Wildman–Crippen MR) is 67.8 cm³/mol. The van der Waals surface area contributed by atoms with Gasteiger partial charge in [-0.05, 0) is 37.1 Å². The first-order valence-electron chi connectivity index (χ1n) is 6.27. The molecule has 1 heterocycles. The molecule has 1 unspecified atom stereocenters. The lowest BCUT2D eigenvalue weighted by Gasteiger charge is -2.21. The maximum Gasteiger partial charge on any atom is 0.416 e. The normalized spacial score (nSPS) is 18.6. The summed E-state index contributed by atoms with van der Waals surface area (Å²) >= 11 is 0. The first kappa shape index (κ1) is 15.1. The first-order chi connectivity index (χ1) is 9.79. The Labute approximate surface area is 118 Å². The number of carbonyl (C=O) groups is 2. The van der Waals surface area contributed by atoms with Crippen LogP contribution in [0.2, 0.25) is 0 Å². The molecule has 2 N–H and O–H groups in total. The number of benzene rings is 1. The van der Waals surface area contributed by atoms with Crippen molar-refractivity contribution >= 4 is 17.7 Å². The molecular formula is C13H13F3N2O3. The highest BCUT2D eigenvalue weighted by atomic mass is 19.4. The van der Waals surface area contributed by atoms with E-state index in [1.807, 2.05) is 0 Å². The molecule has 1 saturated heterocycles. The minimum Gasteiger partial charge on any atom is -0.480 e. The number of alkyl halides is 3. The van der Waals surface area contributed by atoms with Crippen LogP contribution >= 0.6 is 0 Å². The van der Waals surface area contributed by atoms with Crippen LogP contribution < -0.4 is 5.32 Å². The van der Waals surface area contributed by atoms with E-state index in [9.17, 15) is 22.8 Å². The van der Waals surface area contributed by atoms with E-state index in [1.54, 1.807) is 0 Å². The third-order valence-electron chi connectivity index (χ3n) is 3.26. The highest BCUT2D eigenvalue weighted by Crippen LogP contribution is 2.30. The van der Waals surface area contributed by atoms with Gasteiger partial charge in [-0.2, -0.15) is 13.2 Å². The van der Waals surface area contributed by atoms with Gasteiger partial charge in [-0.15, -0.1) is 0 Å². The van der Waals surface area contributed by atoms with Gasteiger partial charge in [0.25, 0.3) is 0 Å². The van der Waals surface area contributed by atoms with Crippen molar-refractivity contribution in [3.63, 3.8) is 0 Å². The quantitative estimate of drug-likeness (QED) is 0.882. The van der Waals surface area contributed by atoms with Crippen LogP contribution in [0.25, 0.3) is 0 Å². The zero-order valence-corrected chi connectivity index (χ0v) is 10.9. The Morgan fingerprint density at radius 3 is 2.38 bits per heavy atom. The Hall–Kier alpha value is -2.25. The van der Waals surface area contributed by atoms with Crippen molar-refractivity contribution < 1.29 is 27.9 Å². The van der Waals surface area contributed by atoms with E-state index in [0.29, 0.717) is 19.4 Å². The number of likely N-dealkylation sites (tertiary alicyclic amines) is 1. The van der Waals surface area contributed by atoms with Crippen molar-refractivity contribution in [2.24, 2.45) is 0 Å². The van der Waals surface area contributed by atoms with Gasteiger partial charge in [0.15, 0.2) is 0 Å². The monoisotopic (exact) mass is 302 g/mol. The number of nitrogens with zero attached hydrogens (tertiary/aromatic N) is 1. The Balaban J connectivity index is 2.04. The largest absolute Gasteiger partial charge is 0.480 e. The second-order valence-corrected chi connectivity index (χ2v) is 4.69. The van der Waals surface area contributed by atoms with Crippen molar-refractivity contribution in [1.82, 2.24) is 4.90 Å². The van der Waals surface area contributed by atoms with Crippen LogP contribution in [0.5, 0.6) is 0 Å². The highest BCUT2D eigenvalue weighted by Gasteiger charge is 2.34. The molecule has 0 bridgehead atoms. The predicted octanol–water partition coefficient (Wildman–Crippen LogP) is 2.79. The summed E-state index contributed by atoms with van der Waals surface area (Å²) in [6.45, 7) is 0.309. The summed E-state index contributed by atoms with van der Waals surface area (Å²) in [4.78, 5) is 24.1. The smallest absolute Gasteiger partial charge is 0.416 e. The molecule has 2 amide bonds. The molecule has 114 valence electrons. The number of nitrogens with one attached hydrogen (secondary N) is 1. The van der Waals surface area contributed by atoms with E-state index < -0.39 is 29.8 Å². The summed E-state index contributed by atoms with van der Waals surface area (Å²) in [7, 11) is 0. The van der Waals surface area contributed by atoms with Crippen LogP contribution in [-0.4, -0.2) is 34.6 Å². The van der Waals surface area contributed by atoms with Crippen molar-refractivity contribution in [1.29, 1.82) is 0 Å². The summed E-state index contributed by atoms with van der Waals surface area (Å²) in [5.74, 6) is -1.09. The summed E-state index contributed by atoms with van der Waals surface area (Å²) in [5.41, 5.74) is -0.630. The number of urea groups is 1. The van der Waals surface area contributed by atoms with Crippen molar-refractivity contribution in [3.05, 3.63) is 29.8 Å². The minimum atomic E-state index is -4.44. The Bertz CT molecular complexity index is 543. The Kier molecular flexibility index (Phi) is 4.06. The van der Waals surface area contributed by atoms with Crippen LogP contribution in [0.3, 0.4) is 0 Å². The van der Waals surface area contributed by atoms with Gasteiger partial charge in [-0.1, -0.05) is 0 Å². The van der Waals surface area contributed by atoms with E-state index in [0.717, 1.165) is 24.3 Å². The van der Waals surface area contributed by atoms with Gasteiger partial charge in [0.1, 0.15) is 6.04 Å². The number of halogens is 3. The second kappa shape index (κ2) is 5.63. The second-order valence-electron chi connectivity index (χ2n) is 4.69. The van der Waals surface area contributed by atoms with Crippen LogP contribution in [0.4, 0.5) is 23.7 Å². The molecule has 0 aliphatic carbocycles. The van der Waals surface area contributed by atoms with E-state index in [2.05, 4.69) is 5.32 Å². The van der Waals surface area contributed by atoms with Crippen LogP contribution in [-0.2, 0) is 11.0 Å². The number of hydrogen-bond donors (Lipinski definition) is 2. The number of anilines is 1. The van der Waals surface area contributed by atoms with E-state index in [-0.39, 0.29) is 5.69 Å². The van der Waals surface area contributed by atoms with Gasteiger partial charge in [-0.3, -0.25) is 0 Å². The van der Waals surface area contributed by atoms with Gasteiger partial charge >= 0.3 is 18.2 Å². The van der Waals surface area contributed by atoms with Crippen LogP contribution in [0, 0.1) is 0 Å². The molecule has 5 nitrogen and oxygen atoms in total. The molecule has 8 heteroatoms. The fourth-order valence-corrected chi connectivity index (χ4v) is 2.20. The SMILES string of the molecule is O=C(O)C1CCCN1C(=O)Nc1ccc(C(F)(F)F)cc1. The van der Waals surface area contributed by atoms with Crippen molar-refractivity contribution in [2.75, 3.05) is 11.9 Å². The Morgan fingerprint density at radius 2 is 1.86 bits per heavy atom. The number of carbonyl (C=O) groups excluding carboxylic acids is 1. The molecule has 0 spiro atoms. The maximum absolute atomic E-state index is 12.4. The topological polar surface area (TPSA) is 69.6 Å². The molecule has 1 atom stereocenters. The number of aliphatic carboxylic acids is 1. The van der Waals surface area contributed by atoms with Gasteiger partial charge < -0.3 is 15.3 Å². The van der Waals surface area contributed by atoms with Gasteiger partial charge in [0.2, 0.25) is 0 Å². The molecule has 1 aliphatic heterocycles. The highest BCUT2D eigenvalue weighted by molar-refractivity contribution is 5.92. The summed E-state index contributed by atoms with van der Waals surface area (Å²) < 4.78 is 37.2. The fourth-order valence-electron chi connectivity index (χ4n) is 2.20. The maximum atomic E-state index is 12.4. The molecule has 1 fully saturated rings. The molecule has 21 heavy (non-hydrogen) atoms. The molecule has 0 saturated carbocycles. The number of amides is 2. The zero-order chi connectivity index (χ0) is 15.6. The average Bonchev–Trinajstić information content (AvgIpc) is 2.87. The standard InChI is InChI=1S/C13H13F3N2O3/c14-13(15,16)8-3-5-9(6-4-8)17-12(21)18-7-1-2-10(18)11(19)20/h3-6,10H,1-2,7H2,(H,17,21)(H,19,20). The third kappa shape index (κ3) is 3.45. The lowest BCUT2D eigenvalue weighted by atomic mass is 10.2.